The lowest BCUT2D eigenvalue weighted by molar-refractivity contribution is 0.119. The predicted molar refractivity (Wildman–Crippen MR) is 94.5 cm³/mol. The van der Waals surface area contributed by atoms with Gasteiger partial charge in [-0.05, 0) is 29.8 Å². The van der Waals surface area contributed by atoms with E-state index in [4.69, 9.17) is 4.52 Å². The van der Waals surface area contributed by atoms with Crippen molar-refractivity contribution in [3.63, 3.8) is 0 Å². The molecule has 3 aromatic rings. The molecule has 1 aliphatic rings. The molecule has 1 fully saturated rings. The summed E-state index contributed by atoms with van der Waals surface area (Å²) in [6.45, 7) is 5.84. The first-order chi connectivity index (χ1) is 12.4. The van der Waals surface area contributed by atoms with Crippen LogP contribution in [0.5, 0.6) is 0 Å². The molecular formula is C19H21N5O. The van der Waals surface area contributed by atoms with Gasteiger partial charge in [-0.1, -0.05) is 23.4 Å². The summed E-state index contributed by atoms with van der Waals surface area (Å²) in [5.74, 6) is 1.34. The third-order valence-corrected chi connectivity index (χ3v) is 4.47. The first-order valence-electron chi connectivity index (χ1n) is 8.58. The summed E-state index contributed by atoms with van der Waals surface area (Å²) in [5.41, 5.74) is 2.28. The van der Waals surface area contributed by atoms with Crippen LogP contribution in [0, 0.1) is 0 Å². The molecule has 1 saturated heterocycles. The number of pyridine rings is 1. The third kappa shape index (κ3) is 4.10. The second-order valence-electron chi connectivity index (χ2n) is 6.29. The molecule has 0 unspecified atom stereocenters. The van der Waals surface area contributed by atoms with Crippen LogP contribution in [0.3, 0.4) is 0 Å². The molecule has 128 valence electrons. The van der Waals surface area contributed by atoms with Crippen LogP contribution in [0.1, 0.15) is 11.4 Å². The van der Waals surface area contributed by atoms with Crippen molar-refractivity contribution in [1.82, 2.24) is 24.9 Å². The first-order valence-corrected chi connectivity index (χ1v) is 8.58. The molecule has 25 heavy (non-hydrogen) atoms. The Balaban J connectivity index is 1.30. The first kappa shape index (κ1) is 15.9. The van der Waals surface area contributed by atoms with Crippen LogP contribution < -0.4 is 0 Å². The summed E-state index contributed by atoms with van der Waals surface area (Å²) in [7, 11) is 0. The molecule has 0 saturated carbocycles. The van der Waals surface area contributed by atoms with Crippen molar-refractivity contribution in [2.45, 2.75) is 13.1 Å². The Labute approximate surface area is 147 Å². The number of rotatable bonds is 5. The van der Waals surface area contributed by atoms with Crippen molar-refractivity contribution in [3.8, 4) is 11.5 Å². The van der Waals surface area contributed by atoms with E-state index in [1.165, 1.54) is 5.56 Å². The maximum Gasteiger partial charge on any atom is 0.257 e. The van der Waals surface area contributed by atoms with Crippen LogP contribution in [-0.2, 0) is 13.1 Å². The fourth-order valence-corrected chi connectivity index (χ4v) is 3.07. The summed E-state index contributed by atoms with van der Waals surface area (Å²) in [6, 6.07) is 14.0. The van der Waals surface area contributed by atoms with Gasteiger partial charge in [0, 0.05) is 50.7 Å². The van der Waals surface area contributed by atoms with Gasteiger partial charge in [-0.3, -0.25) is 14.8 Å². The Bertz CT molecular complexity index is 782. The fourth-order valence-electron chi connectivity index (χ4n) is 3.07. The van der Waals surface area contributed by atoms with E-state index in [0.717, 1.165) is 50.7 Å². The minimum absolute atomic E-state index is 0.590. The van der Waals surface area contributed by atoms with Gasteiger partial charge in [0.25, 0.3) is 5.89 Å². The van der Waals surface area contributed by atoms with Gasteiger partial charge in [0.2, 0.25) is 0 Å². The average molecular weight is 335 g/mol. The van der Waals surface area contributed by atoms with Gasteiger partial charge in [-0.25, -0.2) is 0 Å². The Morgan fingerprint density at radius 1 is 0.840 bits per heavy atom. The Morgan fingerprint density at radius 3 is 2.24 bits per heavy atom. The molecule has 0 bridgehead atoms. The highest BCUT2D eigenvalue weighted by Gasteiger charge is 2.19. The van der Waals surface area contributed by atoms with Gasteiger partial charge < -0.3 is 4.52 Å². The van der Waals surface area contributed by atoms with E-state index in [9.17, 15) is 0 Å². The van der Waals surface area contributed by atoms with Crippen molar-refractivity contribution < 1.29 is 4.52 Å². The Morgan fingerprint density at radius 2 is 1.52 bits per heavy atom. The Hall–Kier alpha value is -2.57. The number of nitrogens with zero attached hydrogens (tertiary/aromatic N) is 5. The molecule has 0 radical (unpaired) electrons. The van der Waals surface area contributed by atoms with Crippen LogP contribution in [0.15, 0.2) is 59.4 Å². The zero-order valence-corrected chi connectivity index (χ0v) is 14.1. The second-order valence-corrected chi connectivity index (χ2v) is 6.29. The van der Waals surface area contributed by atoms with E-state index in [1.807, 2.05) is 42.7 Å². The topological polar surface area (TPSA) is 58.3 Å². The highest BCUT2D eigenvalue weighted by molar-refractivity contribution is 5.51. The van der Waals surface area contributed by atoms with Crippen molar-refractivity contribution in [2.75, 3.05) is 26.2 Å². The van der Waals surface area contributed by atoms with Crippen molar-refractivity contribution in [1.29, 1.82) is 0 Å². The van der Waals surface area contributed by atoms with Gasteiger partial charge >= 0.3 is 0 Å². The molecule has 3 heterocycles. The van der Waals surface area contributed by atoms with E-state index >= 15 is 0 Å². The van der Waals surface area contributed by atoms with Gasteiger partial charge in [0.15, 0.2) is 5.82 Å². The van der Waals surface area contributed by atoms with Crippen LogP contribution in [0.2, 0.25) is 0 Å². The molecule has 1 aliphatic heterocycles. The molecule has 6 heteroatoms. The average Bonchev–Trinajstić information content (AvgIpc) is 3.14. The van der Waals surface area contributed by atoms with Gasteiger partial charge in [0.05, 0.1) is 6.54 Å². The second kappa shape index (κ2) is 7.55. The molecule has 6 nitrogen and oxygen atoms in total. The maximum atomic E-state index is 5.39. The lowest BCUT2D eigenvalue weighted by atomic mass is 10.2. The van der Waals surface area contributed by atoms with Crippen LogP contribution in [0.4, 0.5) is 0 Å². The van der Waals surface area contributed by atoms with Crippen LogP contribution >= 0.6 is 0 Å². The minimum atomic E-state index is 0.590. The molecule has 0 spiro atoms. The minimum Gasteiger partial charge on any atom is -0.334 e. The summed E-state index contributed by atoms with van der Waals surface area (Å²) in [6.07, 6.45) is 3.71. The van der Waals surface area contributed by atoms with E-state index in [2.05, 4.69) is 37.1 Å². The summed E-state index contributed by atoms with van der Waals surface area (Å²) >= 11 is 0. The Kier molecular flexibility index (Phi) is 4.81. The monoisotopic (exact) mass is 335 g/mol. The number of benzene rings is 1. The van der Waals surface area contributed by atoms with Crippen LogP contribution in [0.25, 0.3) is 11.5 Å². The molecule has 2 aromatic heterocycles. The van der Waals surface area contributed by atoms with Crippen molar-refractivity contribution in [2.24, 2.45) is 0 Å². The summed E-state index contributed by atoms with van der Waals surface area (Å²) in [4.78, 5) is 13.4. The van der Waals surface area contributed by atoms with E-state index in [1.54, 1.807) is 0 Å². The number of aromatic nitrogens is 3. The zero-order chi connectivity index (χ0) is 16.9. The standard InChI is InChI=1S/C19H21N5O/c1-2-4-17(5-3-1)19-21-18(22-25-19)15-24-12-10-23(11-13-24)14-16-6-8-20-9-7-16/h1-9H,10-15H2. The van der Waals surface area contributed by atoms with Gasteiger partial charge in [-0.15, -0.1) is 0 Å². The largest absolute Gasteiger partial charge is 0.334 e. The lowest BCUT2D eigenvalue weighted by Crippen LogP contribution is -2.45. The normalized spacial score (nSPS) is 16.2. The quantitative estimate of drug-likeness (QED) is 0.714. The smallest absolute Gasteiger partial charge is 0.257 e. The lowest BCUT2D eigenvalue weighted by Gasteiger charge is -2.34. The number of hydrogen-bond acceptors (Lipinski definition) is 6. The molecule has 0 amide bonds. The highest BCUT2D eigenvalue weighted by Crippen LogP contribution is 2.17. The number of hydrogen-bond donors (Lipinski definition) is 0. The molecule has 4 rings (SSSR count). The van der Waals surface area contributed by atoms with E-state index in [-0.39, 0.29) is 0 Å². The van der Waals surface area contributed by atoms with Crippen molar-refractivity contribution >= 4 is 0 Å². The molecule has 0 atom stereocenters. The summed E-state index contributed by atoms with van der Waals surface area (Å²) in [5, 5.41) is 4.13. The van der Waals surface area contributed by atoms with Crippen LogP contribution in [-0.4, -0.2) is 51.1 Å². The SMILES string of the molecule is c1ccc(-c2nc(CN3CCN(Cc4ccncc4)CC3)no2)cc1. The number of piperazine rings is 1. The third-order valence-electron chi connectivity index (χ3n) is 4.47. The highest BCUT2D eigenvalue weighted by atomic mass is 16.5. The zero-order valence-electron chi connectivity index (χ0n) is 14.1. The van der Waals surface area contributed by atoms with Crippen molar-refractivity contribution in [3.05, 3.63) is 66.2 Å². The van der Waals surface area contributed by atoms with Gasteiger partial charge in [-0.2, -0.15) is 4.98 Å². The molecule has 1 aromatic carbocycles. The predicted octanol–water partition coefficient (Wildman–Crippen LogP) is 2.45. The molecule has 0 N–H and O–H groups in total. The maximum absolute atomic E-state index is 5.39. The summed E-state index contributed by atoms with van der Waals surface area (Å²) < 4.78 is 5.39. The molecular weight excluding hydrogens is 314 g/mol. The van der Waals surface area contributed by atoms with E-state index < -0.39 is 0 Å². The fraction of sp³-hybridized carbons (Fsp3) is 0.316. The molecule has 0 aliphatic carbocycles. The van der Waals surface area contributed by atoms with Gasteiger partial charge in [0.1, 0.15) is 0 Å². The van der Waals surface area contributed by atoms with E-state index in [0.29, 0.717) is 5.89 Å².